The molecule has 304 valence electrons. The molecule has 4 unspecified atom stereocenters. The van der Waals surface area contributed by atoms with Gasteiger partial charge in [-0.3, -0.25) is 0 Å². The van der Waals surface area contributed by atoms with Crippen molar-refractivity contribution >= 4 is 275 Å². The molecule has 0 aromatic heterocycles. The minimum absolute atomic E-state index is 0.0232. The van der Waals surface area contributed by atoms with E-state index < -0.39 is 16.1 Å². The van der Waals surface area contributed by atoms with Gasteiger partial charge in [0.15, 0.2) is 0 Å². The highest BCUT2D eigenvalue weighted by Crippen LogP contribution is 2.87. The third kappa shape index (κ3) is 1.56. The average molecular weight is 897 g/mol. The summed E-state index contributed by atoms with van der Waals surface area (Å²) in [5, 5.41) is 83.2. The molecule has 0 saturated heterocycles. The summed E-state index contributed by atoms with van der Waals surface area (Å²) in [6.45, 7) is 16.7. The van der Waals surface area contributed by atoms with Crippen LogP contribution in [0.2, 0.25) is 51.4 Å². The summed E-state index contributed by atoms with van der Waals surface area (Å²) in [6, 6.07) is 2.69. The zero-order valence-electron chi connectivity index (χ0n) is 38.6. The lowest BCUT2D eigenvalue weighted by molar-refractivity contribution is 0.402. The van der Waals surface area contributed by atoms with Crippen molar-refractivity contribution < 1.29 is 0 Å². The predicted octanol–water partition coefficient (Wildman–Crippen LogP) is 19.2. The first-order chi connectivity index (χ1) is 34.1. The SMILES string of the molecule is C[Si](C)(C)CC12c3c4c5c6c7c8c9c%10c%11c%12c%13c(c1c1c%14c2c2c%15c3c5c3c7c5c7c8c8c%10c%10c%11c%11c%13c1c1c%13c%14c%14c2c2c%15c3c5c3c2c2c%14c%13c5c(c%111)c%10c1c8c7c3c2c15)C4(C[Si](C)(C)C)C%12C69. The Balaban J connectivity index is 1.20. The van der Waals surface area contributed by atoms with Crippen molar-refractivity contribution in [3.8, 4) is 0 Å². The van der Waals surface area contributed by atoms with Gasteiger partial charge in [0.2, 0.25) is 0 Å². The van der Waals surface area contributed by atoms with Crippen LogP contribution < -0.4 is 0 Å². The largest absolute Gasteiger partial charge is 0.0695 e. The van der Waals surface area contributed by atoms with Crippen LogP contribution in [0.15, 0.2) is 0 Å². The van der Waals surface area contributed by atoms with Gasteiger partial charge in [0.1, 0.15) is 0 Å². The zero-order chi connectivity index (χ0) is 42.9. The maximum atomic E-state index is 2.79. The highest BCUT2D eigenvalue weighted by atomic mass is 28.3. The van der Waals surface area contributed by atoms with Crippen LogP contribution in [0.5, 0.6) is 0 Å². The molecule has 0 amide bonds. The second kappa shape index (κ2) is 6.23. The summed E-state index contributed by atoms with van der Waals surface area (Å²) in [7, 11) is -3.58. The Hall–Kier alpha value is -6.85. The molecule has 0 radical (unpaired) electrons. The lowest BCUT2D eigenvalue weighted by Gasteiger charge is -2.55. The molecule has 0 nitrogen and oxygen atoms in total. The van der Waals surface area contributed by atoms with E-state index in [0.717, 1.165) is 0 Å². The fraction of sp³-hybridized carbons (Fsp3) is 0.176. The minimum Gasteiger partial charge on any atom is -0.0695 e. The van der Waals surface area contributed by atoms with Crippen LogP contribution in [0.25, 0.3) is 259 Å². The lowest BCUT2D eigenvalue weighted by Crippen LogP contribution is -2.50. The van der Waals surface area contributed by atoms with Gasteiger partial charge < -0.3 is 0 Å². The maximum absolute atomic E-state index is 2.79. The van der Waals surface area contributed by atoms with E-state index in [0.29, 0.717) is 11.8 Å². The second-order valence-corrected chi connectivity index (χ2v) is 40.4. The van der Waals surface area contributed by atoms with Gasteiger partial charge in [-0.2, -0.15) is 0 Å². The molecule has 0 saturated carbocycles. The van der Waals surface area contributed by atoms with Gasteiger partial charge in [0.05, 0.1) is 0 Å². The van der Waals surface area contributed by atoms with Crippen LogP contribution >= 0.6 is 0 Å². The smallest absolute Gasteiger partial charge is 0.0460 e. The molecule has 70 heavy (non-hydrogen) atoms. The van der Waals surface area contributed by atoms with Crippen LogP contribution in [0, 0.1) is 0 Å². The molecule has 0 fully saturated rings. The van der Waals surface area contributed by atoms with E-state index in [4.69, 9.17) is 0 Å². The first-order valence-electron chi connectivity index (χ1n) is 27.2. The van der Waals surface area contributed by atoms with Crippen molar-refractivity contribution in [2.45, 2.75) is 74.0 Å². The van der Waals surface area contributed by atoms with E-state index in [1.807, 2.05) is 55.3 Å². The van der Waals surface area contributed by atoms with E-state index in [9.17, 15) is 0 Å². The van der Waals surface area contributed by atoms with Gasteiger partial charge in [0.25, 0.3) is 0 Å². The Bertz CT molecular complexity index is 7110. The Labute approximate surface area is 390 Å². The predicted molar refractivity (Wildman–Crippen MR) is 305 cm³/mol. The van der Waals surface area contributed by atoms with Crippen molar-refractivity contribution in [1.29, 1.82) is 0 Å². The van der Waals surface area contributed by atoms with Crippen LogP contribution in [0.3, 0.4) is 0 Å². The zero-order valence-corrected chi connectivity index (χ0v) is 40.6. The van der Waals surface area contributed by atoms with Gasteiger partial charge in [-0.15, -0.1) is 0 Å². The van der Waals surface area contributed by atoms with Gasteiger partial charge >= 0.3 is 0 Å². The van der Waals surface area contributed by atoms with Crippen molar-refractivity contribution in [1.82, 2.24) is 0 Å². The molecular formula is C68H24Si2. The molecule has 0 spiro atoms. The van der Waals surface area contributed by atoms with E-state index in [1.54, 1.807) is 248 Å². The fourth-order valence-corrected chi connectivity index (χ4v) is 30.8. The quantitative estimate of drug-likeness (QED) is 0.122. The number of rotatable bonds is 4. The number of hydrogen-bond acceptors (Lipinski definition) is 0. The van der Waals surface area contributed by atoms with E-state index >= 15 is 0 Å². The summed E-state index contributed by atoms with van der Waals surface area (Å²) in [4.78, 5) is 0. The standard InChI is InChI=1S/C68H24Si2/c1-69(2,3)7-67-61-53-44-37-24-17-11-12-14-10-9-13(11)22(24)28-26-15(9)19-16(10)27-29-23(14)25-18(12)21-20(17)31-39-32(21)41-38(25)45-43(29)47-34(27)36-30(19)35-33(26)46(42(28)44)57(61)59-48(35)49(36)60-58(47)62-54(45)51(41)56-52(39)55(50(53)40(31)37)63(67)64(56)68(62,8-70(4,5)6)66(60)65(59)67/h53,61H,7-8H2,1-6H3. The Kier molecular flexibility index (Phi) is 2.50. The lowest BCUT2D eigenvalue weighted by atomic mass is 9.50. The average Bonchev–Trinajstić information content (AvgIpc) is 4.34. The number of hydrogen-bond donors (Lipinski definition) is 0. The summed E-state index contributed by atoms with van der Waals surface area (Å²) in [5.41, 5.74) is 15.0. The summed E-state index contributed by atoms with van der Waals surface area (Å²) in [5.74, 6) is 0.892. The molecule has 25 aromatic rings. The molecular weight excluding hydrogens is 873 g/mol. The molecule has 0 bridgehead atoms. The highest BCUT2D eigenvalue weighted by Gasteiger charge is 2.71. The van der Waals surface area contributed by atoms with Crippen molar-refractivity contribution in [3.05, 3.63) is 44.5 Å². The third-order valence-corrected chi connectivity index (χ3v) is 28.9. The molecule has 0 heterocycles. The Morgan fingerprint density at radius 2 is 0.457 bits per heavy atom. The van der Waals surface area contributed by atoms with Crippen molar-refractivity contribution in [2.24, 2.45) is 0 Å². The first-order valence-corrected chi connectivity index (χ1v) is 34.6. The summed E-state index contributed by atoms with van der Waals surface area (Å²) >= 11 is 0. The monoisotopic (exact) mass is 896 g/mol. The molecule has 25 aromatic carbocycles. The molecule has 7 aliphatic carbocycles. The van der Waals surface area contributed by atoms with Gasteiger partial charge in [0, 0.05) is 38.8 Å². The van der Waals surface area contributed by atoms with Gasteiger partial charge in [-0.1, -0.05) is 39.3 Å². The van der Waals surface area contributed by atoms with E-state index in [-0.39, 0.29) is 10.8 Å². The van der Waals surface area contributed by atoms with E-state index in [1.165, 1.54) is 12.1 Å². The van der Waals surface area contributed by atoms with Crippen LogP contribution in [-0.2, 0) is 10.8 Å². The molecule has 4 atom stereocenters. The number of benzene rings is 16. The highest BCUT2D eigenvalue weighted by molar-refractivity contribution is 6.81. The van der Waals surface area contributed by atoms with E-state index in [2.05, 4.69) is 39.3 Å². The molecule has 32 rings (SSSR count). The third-order valence-electron chi connectivity index (χ3n) is 25.7. The van der Waals surface area contributed by atoms with Gasteiger partial charge in [-0.05, 0) is 315 Å². The summed E-state index contributed by atoms with van der Waals surface area (Å²) < 4.78 is 0. The first kappa shape index (κ1) is 28.1. The second-order valence-electron chi connectivity index (χ2n) is 29.4. The summed E-state index contributed by atoms with van der Waals surface area (Å²) in [6.07, 6.45) is 0. The molecule has 0 N–H and O–H groups in total. The Morgan fingerprint density at radius 1 is 0.229 bits per heavy atom. The van der Waals surface area contributed by atoms with Crippen molar-refractivity contribution in [3.63, 3.8) is 0 Å². The molecule has 0 aliphatic heterocycles. The van der Waals surface area contributed by atoms with Crippen LogP contribution in [-0.4, -0.2) is 16.1 Å². The van der Waals surface area contributed by atoms with Crippen molar-refractivity contribution in [2.75, 3.05) is 0 Å². The molecule has 2 heteroatoms. The topological polar surface area (TPSA) is 0 Å². The Morgan fingerprint density at radius 3 is 0.829 bits per heavy atom. The molecule has 7 aliphatic rings. The van der Waals surface area contributed by atoms with Gasteiger partial charge in [-0.25, -0.2) is 0 Å². The van der Waals surface area contributed by atoms with Crippen LogP contribution in [0.4, 0.5) is 0 Å². The minimum atomic E-state index is -1.80. The normalized spacial score (nSPS) is 24.9. The fourth-order valence-electron chi connectivity index (χ4n) is 26.4. The maximum Gasteiger partial charge on any atom is 0.0460 e. The van der Waals surface area contributed by atoms with Crippen LogP contribution in [0.1, 0.15) is 56.3 Å².